The van der Waals surface area contributed by atoms with Crippen molar-refractivity contribution in [3.63, 3.8) is 0 Å². The van der Waals surface area contributed by atoms with Crippen LogP contribution in [0, 0.1) is 11.3 Å². The zero-order valence-electron chi connectivity index (χ0n) is 11.9. The molecule has 0 aliphatic heterocycles. The Morgan fingerprint density at radius 2 is 2.20 bits per heavy atom. The lowest BCUT2D eigenvalue weighted by Gasteiger charge is -2.40. The number of anilines is 1. The molecule has 1 aromatic carbocycles. The first-order valence-electron chi connectivity index (χ1n) is 7.27. The molecule has 1 saturated carbocycles. The van der Waals surface area contributed by atoms with Crippen LogP contribution in [0.1, 0.15) is 49.8 Å². The number of nitrogens with zero attached hydrogens (tertiary/aromatic N) is 2. The maximum Gasteiger partial charge on any atom is 0.0992 e. The Labute approximate surface area is 120 Å². The SMILES string of the molecule is C[C@@H](O)c1ccc(C#N)cc1N(CCCO)C1CCC1. The fourth-order valence-corrected chi connectivity index (χ4v) is 2.65. The van der Waals surface area contributed by atoms with E-state index in [0.29, 0.717) is 18.0 Å². The van der Waals surface area contributed by atoms with Crippen LogP contribution in [-0.4, -0.2) is 29.4 Å². The second-order valence-corrected chi connectivity index (χ2v) is 5.42. The molecule has 108 valence electrons. The highest BCUT2D eigenvalue weighted by Gasteiger charge is 2.27. The number of benzene rings is 1. The molecule has 1 aromatic rings. The first-order chi connectivity index (χ1) is 9.67. The predicted octanol–water partition coefficient (Wildman–Crippen LogP) is 2.35. The Bertz CT molecular complexity index is 490. The molecule has 20 heavy (non-hydrogen) atoms. The highest BCUT2D eigenvalue weighted by Crippen LogP contribution is 2.34. The normalized spacial score (nSPS) is 16.3. The lowest BCUT2D eigenvalue weighted by Crippen LogP contribution is -2.41. The van der Waals surface area contributed by atoms with Crippen molar-refractivity contribution in [3.8, 4) is 6.07 Å². The molecule has 0 saturated heterocycles. The van der Waals surface area contributed by atoms with Gasteiger partial charge in [-0.2, -0.15) is 5.26 Å². The molecule has 0 radical (unpaired) electrons. The van der Waals surface area contributed by atoms with E-state index in [1.165, 1.54) is 6.42 Å². The van der Waals surface area contributed by atoms with Crippen molar-refractivity contribution in [3.05, 3.63) is 29.3 Å². The molecule has 0 spiro atoms. The van der Waals surface area contributed by atoms with Gasteiger partial charge in [-0.25, -0.2) is 0 Å². The first-order valence-corrected chi connectivity index (χ1v) is 7.27. The van der Waals surface area contributed by atoms with Crippen molar-refractivity contribution in [1.29, 1.82) is 5.26 Å². The number of aliphatic hydroxyl groups excluding tert-OH is 2. The summed E-state index contributed by atoms with van der Waals surface area (Å²) in [5.74, 6) is 0. The summed E-state index contributed by atoms with van der Waals surface area (Å²) in [6, 6.07) is 8.07. The van der Waals surface area contributed by atoms with Gasteiger partial charge in [0.1, 0.15) is 0 Å². The molecule has 4 nitrogen and oxygen atoms in total. The van der Waals surface area contributed by atoms with E-state index in [0.717, 1.165) is 30.6 Å². The van der Waals surface area contributed by atoms with Crippen LogP contribution >= 0.6 is 0 Å². The van der Waals surface area contributed by atoms with Crippen LogP contribution in [0.5, 0.6) is 0 Å². The van der Waals surface area contributed by atoms with E-state index in [4.69, 9.17) is 10.4 Å². The first kappa shape index (κ1) is 14.8. The number of nitriles is 1. The Balaban J connectivity index is 2.36. The van der Waals surface area contributed by atoms with Crippen molar-refractivity contribution in [2.24, 2.45) is 0 Å². The molecule has 1 aliphatic rings. The Morgan fingerprint density at radius 3 is 2.70 bits per heavy atom. The minimum absolute atomic E-state index is 0.158. The molecule has 2 N–H and O–H groups in total. The van der Waals surface area contributed by atoms with Crippen LogP contribution in [0.3, 0.4) is 0 Å². The molecule has 0 bridgehead atoms. The summed E-state index contributed by atoms with van der Waals surface area (Å²) < 4.78 is 0. The fraction of sp³-hybridized carbons (Fsp3) is 0.562. The van der Waals surface area contributed by atoms with Crippen LogP contribution in [0.4, 0.5) is 5.69 Å². The zero-order chi connectivity index (χ0) is 14.5. The summed E-state index contributed by atoms with van der Waals surface area (Å²) in [5.41, 5.74) is 2.41. The van der Waals surface area contributed by atoms with Gasteiger partial charge < -0.3 is 15.1 Å². The average Bonchev–Trinajstić information content (AvgIpc) is 2.40. The molecule has 1 aliphatic carbocycles. The fourth-order valence-electron chi connectivity index (χ4n) is 2.65. The van der Waals surface area contributed by atoms with Crippen molar-refractivity contribution < 1.29 is 10.2 Å². The second kappa shape index (κ2) is 6.74. The number of rotatable bonds is 6. The minimum Gasteiger partial charge on any atom is -0.396 e. The van der Waals surface area contributed by atoms with E-state index in [-0.39, 0.29) is 6.61 Å². The van der Waals surface area contributed by atoms with Crippen LogP contribution in [0.25, 0.3) is 0 Å². The summed E-state index contributed by atoms with van der Waals surface area (Å²) in [6.45, 7) is 2.66. The molecule has 1 atom stereocenters. The summed E-state index contributed by atoms with van der Waals surface area (Å²) in [4.78, 5) is 2.25. The maximum absolute atomic E-state index is 9.96. The highest BCUT2D eigenvalue weighted by atomic mass is 16.3. The van der Waals surface area contributed by atoms with E-state index in [1.807, 2.05) is 12.1 Å². The van der Waals surface area contributed by atoms with Crippen molar-refractivity contribution in [2.75, 3.05) is 18.1 Å². The average molecular weight is 274 g/mol. The molecule has 0 unspecified atom stereocenters. The summed E-state index contributed by atoms with van der Waals surface area (Å²) in [6.07, 6.45) is 3.65. The van der Waals surface area contributed by atoms with E-state index in [9.17, 15) is 5.11 Å². The Kier molecular flexibility index (Phi) is 4.99. The smallest absolute Gasteiger partial charge is 0.0992 e. The van der Waals surface area contributed by atoms with E-state index in [1.54, 1.807) is 13.0 Å². The molecule has 0 amide bonds. The molecular weight excluding hydrogens is 252 g/mol. The molecule has 0 heterocycles. The van der Waals surface area contributed by atoms with Crippen molar-refractivity contribution >= 4 is 5.69 Å². The lowest BCUT2D eigenvalue weighted by atomic mass is 9.90. The van der Waals surface area contributed by atoms with Gasteiger partial charge in [-0.3, -0.25) is 0 Å². The predicted molar refractivity (Wildman–Crippen MR) is 78.5 cm³/mol. The van der Waals surface area contributed by atoms with E-state index >= 15 is 0 Å². The van der Waals surface area contributed by atoms with Gasteiger partial charge in [-0.15, -0.1) is 0 Å². The quantitative estimate of drug-likeness (QED) is 0.835. The molecule has 2 rings (SSSR count). The van der Waals surface area contributed by atoms with Crippen LogP contribution in [-0.2, 0) is 0 Å². The monoisotopic (exact) mass is 274 g/mol. The third-order valence-corrected chi connectivity index (χ3v) is 3.99. The molecule has 4 heteroatoms. The summed E-state index contributed by atoms with van der Waals surface area (Å²) >= 11 is 0. The third-order valence-electron chi connectivity index (χ3n) is 3.99. The standard InChI is InChI=1S/C16H22N2O2/c1-12(20)15-7-6-13(11-17)10-16(15)18(8-3-9-19)14-4-2-5-14/h6-7,10,12,14,19-20H,2-5,8-9H2,1H3/t12-/m1/s1. The summed E-state index contributed by atoms with van der Waals surface area (Å²) in [7, 11) is 0. The maximum atomic E-state index is 9.96. The van der Waals surface area contributed by atoms with Crippen LogP contribution in [0.15, 0.2) is 18.2 Å². The van der Waals surface area contributed by atoms with Crippen LogP contribution < -0.4 is 4.90 Å². The van der Waals surface area contributed by atoms with E-state index in [2.05, 4.69) is 11.0 Å². The van der Waals surface area contributed by atoms with Gasteiger partial charge in [0.25, 0.3) is 0 Å². The topological polar surface area (TPSA) is 67.5 Å². The van der Waals surface area contributed by atoms with Gasteiger partial charge in [0.15, 0.2) is 0 Å². The van der Waals surface area contributed by atoms with Gasteiger partial charge in [0.05, 0.1) is 17.7 Å². The Hall–Kier alpha value is -1.57. The van der Waals surface area contributed by atoms with Gasteiger partial charge >= 0.3 is 0 Å². The number of hydrogen-bond acceptors (Lipinski definition) is 4. The molecule has 1 fully saturated rings. The van der Waals surface area contributed by atoms with Gasteiger partial charge in [-0.1, -0.05) is 6.07 Å². The van der Waals surface area contributed by atoms with Crippen molar-refractivity contribution in [2.45, 2.75) is 44.8 Å². The number of hydrogen-bond donors (Lipinski definition) is 2. The zero-order valence-corrected chi connectivity index (χ0v) is 11.9. The number of aliphatic hydroxyl groups is 2. The molecular formula is C16H22N2O2. The van der Waals surface area contributed by atoms with E-state index < -0.39 is 6.10 Å². The summed E-state index contributed by atoms with van der Waals surface area (Å²) in [5, 5.41) is 28.1. The lowest BCUT2D eigenvalue weighted by molar-refractivity contribution is 0.199. The Morgan fingerprint density at radius 1 is 1.45 bits per heavy atom. The van der Waals surface area contributed by atoms with Crippen molar-refractivity contribution in [1.82, 2.24) is 0 Å². The van der Waals surface area contributed by atoms with Crippen LogP contribution in [0.2, 0.25) is 0 Å². The van der Waals surface area contributed by atoms with Gasteiger partial charge in [-0.05, 0) is 44.7 Å². The minimum atomic E-state index is -0.561. The van der Waals surface area contributed by atoms with Gasteiger partial charge in [0, 0.05) is 30.4 Å². The molecule has 0 aromatic heterocycles. The highest BCUT2D eigenvalue weighted by molar-refractivity contribution is 5.59. The van der Waals surface area contributed by atoms with Gasteiger partial charge in [0.2, 0.25) is 0 Å². The second-order valence-electron chi connectivity index (χ2n) is 5.42. The largest absolute Gasteiger partial charge is 0.396 e. The third kappa shape index (κ3) is 3.12.